The molecule has 0 aromatic heterocycles. The molecule has 0 unspecified atom stereocenters. The topological polar surface area (TPSA) is 72.8 Å². The van der Waals surface area contributed by atoms with Crippen LogP contribution in [0.5, 0.6) is 0 Å². The van der Waals surface area contributed by atoms with Crippen LogP contribution in [0.25, 0.3) is 0 Å². The van der Waals surface area contributed by atoms with Crippen molar-refractivity contribution < 1.29 is 24.2 Å². The fourth-order valence-corrected chi connectivity index (χ4v) is 1.15. The van der Waals surface area contributed by atoms with Crippen LogP contribution in [0.3, 0.4) is 0 Å². The molecule has 0 aliphatic carbocycles. The molecular weight excluding hydrogens is 212 g/mol. The van der Waals surface area contributed by atoms with E-state index in [4.69, 9.17) is 14.6 Å². The van der Waals surface area contributed by atoms with Crippen LogP contribution in [-0.2, 0) is 19.1 Å². The molecule has 0 radical (unpaired) electrons. The lowest BCUT2D eigenvalue weighted by Gasteiger charge is -2.24. The summed E-state index contributed by atoms with van der Waals surface area (Å²) in [7, 11) is 0. The summed E-state index contributed by atoms with van der Waals surface area (Å²) < 4.78 is 10.3. The summed E-state index contributed by atoms with van der Waals surface area (Å²) >= 11 is 0. The van der Waals surface area contributed by atoms with Crippen molar-refractivity contribution >= 4 is 11.9 Å². The molecule has 94 valence electrons. The smallest absolute Gasteiger partial charge is 0.306 e. The Morgan fingerprint density at radius 1 is 1.25 bits per heavy atom. The molecule has 0 amide bonds. The van der Waals surface area contributed by atoms with Gasteiger partial charge in [-0.25, -0.2) is 0 Å². The minimum Gasteiger partial charge on any atom is -0.481 e. The maximum absolute atomic E-state index is 11.1. The van der Waals surface area contributed by atoms with Crippen molar-refractivity contribution in [1.82, 2.24) is 0 Å². The highest BCUT2D eigenvalue weighted by molar-refractivity contribution is 5.76. The summed E-state index contributed by atoms with van der Waals surface area (Å²) in [6, 6.07) is 0. The Hall–Kier alpha value is -1.10. The molecule has 0 spiro atoms. The third-order valence-electron chi connectivity index (χ3n) is 2.05. The monoisotopic (exact) mass is 232 g/mol. The quantitative estimate of drug-likeness (QED) is 0.643. The standard InChI is InChI=1S/C11H20O5/c1-4-16-11(2,3)7-8-15-10(14)6-5-9(12)13/h4-8H2,1-3H3,(H,12,13). The zero-order valence-corrected chi connectivity index (χ0v) is 10.1. The SMILES string of the molecule is CCOC(C)(C)CCOC(=O)CCC(=O)O. The molecule has 5 nitrogen and oxygen atoms in total. The third-order valence-corrected chi connectivity index (χ3v) is 2.05. The molecule has 16 heavy (non-hydrogen) atoms. The average Bonchev–Trinajstić information content (AvgIpc) is 2.14. The summed E-state index contributed by atoms with van der Waals surface area (Å²) in [6.07, 6.45) is 0.331. The number of carbonyl (C=O) groups excluding carboxylic acids is 1. The molecule has 0 fully saturated rings. The van der Waals surface area contributed by atoms with Crippen LogP contribution in [0.4, 0.5) is 0 Å². The normalized spacial score (nSPS) is 11.2. The molecule has 1 N–H and O–H groups in total. The fourth-order valence-electron chi connectivity index (χ4n) is 1.15. The zero-order chi connectivity index (χ0) is 12.6. The van der Waals surface area contributed by atoms with Crippen molar-refractivity contribution in [3.63, 3.8) is 0 Å². The first kappa shape index (κ1) is 14.9. The van der Waals surface area contributed by atoms with Crippen LogP contribution in [-0.4, -0.2) is 35.9 Å². The van der Waals surface area contributed by atoms with Gasteiger partial charge in [0.2, 0.25) is 0 Å². The summed E-state index contributed by atoms with van der Waals surface area (Å²) in [5.41, 5.74) is -0.318. The number of carboxylic acid groups (broad SMARTS) is 1. The fraction of sp³-hybridized carbons (Fsp3) is 0.818. The van der Waals surface area contributed by atoms with E-state index < -0.39 is 11.9 Å². The zero-order valence-electron chi connectivity index (χ0n) is 10.1. The number of esters is 1. The largest absolute Gasteiger partial charge is 0.481 e. The number of rotatable bonds is 8. The van der Waals surface area contributed by atoms with Gasteiger partial charge in [-0.1, -0.05) is 0 Å². The second-order valence-corrected chi connectivity index (χ2v) is 4.06. The maximum Gasteiger partial charge on any atom is 0.306 e. The Balaban J connectivity index is 3.65. The van der Waals surface area contributed by atoms with Crippen LogP contribution in [0.1, 0.15) is 40.0 Å². The first-order valence-electron chi connectivity index (χ1n) is 5.39. The maximum atomic E-state index is 11.1. The van der Waals surface area contributed by atoms with E-state index in [2.05, 4.69) is 0 Å². The second kappa shape index (κ2) is 7.22. The van der Waals surface area contributed by atoms with E-state index in [0.29, 0.717) is 13.0 Å². The molecule has 0 saturated heterocycles. The van der Waals surface area contributed by atoms with E-state index in [0.717, 1.165) is 0 Å². The van der Waals surface area contributed by atoms with Crippen molar-refractivity contribution in [3.8, 4) is 0 Å². The number of carbonyl (C=O) groups is 2. The summed E-state index contributed by atoms with van der Waals surface area (Å²) in [5.74, 6) is -1.47. The summed E-state index contributed by atoms with van der Waals surface area (Å²) in [6.45, 7) is 6.61. The van der Waals surface area contributed by atoms with Crippen LogP contribution < -0.4 is 0 Å². The Bertz CT molecular complexity index is 235. The number of aliphatic carboxylic acids is 1. The molecule has 0 aromatic carbocycles. The minimum atomic E-state index is -0.994. The van der Waals surface area contributed by atoms with Crippen LogP contribution >= 0.6 is 0 Å². The van der Waals surface area contributed by atoms with Crippen LogP contribution in [0.15, 0.2) is 0 Å². The predicted octanol–water partition coefficient (Wildman–Crippen LogP) is 1.60. The van der Waals surface area contributed by atoms with E-state index in [1.54, 1.807) is 0 Å². The highest BCUT2D eigenvalue weighted by atomic mass is 16.5. The average molecular weight is 232 g/mol. The van der Waals surface area contributed by atoms with Gasteiger partial charge in [0.05, 0.1) is 25.0 Å². The van der Waals surface area contributed by atoms with Gasteiger partial charge in [-0.3, -0.25) is 9.59 Å². The van der Waals surface area contributed by atoms with Gasteiger partial charge in [-0.15, -0.1) is 0 Å². The molecule has 0 aromatic rings. The Morgan fingerprint density at radius 2 is 1.88 bits per heavy atom. The van der Waals surface area contributed by atoms with E-state index in [-0.39, 0.29) is 25.0 Å². The van der Waals surface area contributed by atoms with Gasteiger partial charge >= 0.3 is 11.9 Å². The summed E-state index contributed by atoms with van der Waals surface area (Å²) in [5, 5.41) is 8.36. The van der Waals surface area contributed by atoms with Crippen molar-refractivity contribution in [2.24, 2.45) is 0 Å². The number of carboxylic acids is 1. The van der Waals surface area contributed by atoms with Gasteiger partial charge in [0.15, 0.2) is 0 Å². The molecule has 0 aliphatic heterocycles. The van der Waals surface area contributed by atoms with E-state index >= 15 is 0 Å². The number of hydrogen-bond donors (Lipinski definition) is 1. The van der Waals surface area contributed by atoms with Gasteiger partial charge < -0.3 is 14.6 Å². The molecular formula is C11H20O5. The van der Waals surface area contributed by atoms with Crippen molar-refractivity contribution in [1.29, 1.82) is 0 Å². The van der Waals surface area contributed by atoms with E-state index in [1.165, 1.54) is 0 Å². The van der Waals surface area contributed by atoms with Crippen LogP contribution in [0, 0.1) is 0 Å². The lowest BCUT2D eigenvalue weighted by Crippen LogP contribution is -2.27. The molecule has 0 atom stereocenters. The number of hydrogen-bond acceptors (Lipinski definition) is 4. The predicted molar refractivity (Wildman–Crippen MR) is 58.2 cm³/mol. The Labute approximate surface area is 95.7 Å². The lowest BCUT2D eigenvalue weighted by atomic mass is 10.1. The summed E-state index contributed by atoms with van der Waals surface area (Å²) in [4.78, 5) is 21.3. The van der Waals surface area contributed by atoms with Gasteiger partial charge in [0, 0.05) is 13.0 Å². The second-order valence-electron chi connectivity index (χ2n) is 4.06. The Kier molecular flexibility index (Phi) is 6.72. The highest BCUT2D eigenvalue weighted by Crippen LogP contribution is 2.14. The Morgan fingerprint density at radius 3 is 2.38 bits per heavy atom. The molecule has 0 heterocycles. The molecule has 0 aliphatic rings. The molecule has 0 saturated carbocycles. The van der Waals surface area contributed by atoms with E-state index in [9.17, 15) is 9.59 Å². The first-order valence-corrected chi connectivity index (χ1v) is 5.39. The van der Waals surface area contributed by atoms with Crippen molar-refractivity contribution in [3.05, 3.63) is 0 Å². The van der Waals surface area contributed by atoms with Gasteiger partial charge in [0.1, 0.15) is 0 Å². The minimum absolute atomic E-state index is 0.0790. The lowest BCUT2D eigenvalue weighted by molar-refractivity contribution is -0.149. The van der Waals surface area contributed by atoms with E-state index in [1.807, 2.05) is 20.8 Å². The van der Waals surface area contributed by atoms with Crippen molar-refractivity contribution in [2.45, 2.75) is 45.6 Å². The highest BCUT2D eigenvalue weighted by Gasteiger charge is 2.18. The van der Waals surface area contributed by atoms with Gasteiger partial charge in [0.25, 0.3) is 0 Å². The van der Waals surface area contributed by atoms with Gasteiger partial charge in [-0.05, 0) is 20.8 Å². The van der Waals surface area contributed by atoms with Crippen molar-refractivity contribution in [2.75, 3.05) is 13.2 Å². The molecule has 0 bridgehead atoms. The number of ether oxygens (including phenoxy) is 2. The van der Waals surface area contributed by atoms with Crippen LogP contribution in [0.2, 0.25) is 0 Å². The van der Waals surface area contributed by atoms with Gasteiger partial charge in [-0.2, -0.15) is 0 Å². The molecule has 0 rings (SSSR count). The molecule has 5 heteroatoms. The third kappa shape index (κ3) is 8.23. The first-order chi connectivity index (χ1) is 7.37.